The van der Waals surface area contributed by atoms with Gasteiger partial charge in [0.05, 0.1) is 24.8 Å². The van der Waals surface area contributed by atoms with Crippen LogP contribution in [0.3, 0.4) is 0 Å². The number of aromatic nitrogens is 3. The third kappa shape index (κ3) is 4.54. The van der Waals surface area contributed by atoms with E-state index >= 15 is 0 Å². The number of carbonyl (C=O) groups excluding carboxylic acids is 2. The lowest BCUT2D eigenvalue weighted by Crippen LogP contribution is -2.33. The Morgan fingerprint density at radius 2 is 1.79 bits per heavy atom. The highest BCUT2D eigenvalue weighted by Crippen LogP contribution is 2.16. The maximum absolute atomic E-state index is 13.6. The number of esters is 1. The summed E-state index contributed by atoms with van der Waals surface area (Å²) in [7, 11) is 0. The Kier molecular flexibility index (Phi) is 6.50. The van der Waals surface area contributed by atoms with Crippen LogP contribution in [0.25, 0.3) is 16.7 Å². The lowest BCUT2D eigenvalue weighted by Gasteiger charge is -2.15. The Morgan fingerprint density at radius 3 is 2.47 bits per heavy atom. The molecule has 0 aliphatic rings. The lowest BCUT2D eigenvalue weighted by molar-refractivity contribution is 0.0523. The first-order valence-electron chi connectivity index (χ1n) is 12.2. The number of hydrogen-bond acceptors (Lipinski definition) is 6. The third-order valence-electron chi connectivity index (χ3n) is 6.17. The smallest absolute Gasteiger partial charge is 0.341 e. The zero-order chi connectivity index (χ0) is 27.0. The minimum Gasteiger partial charge on any atom is -0.467 e. The zero-order valence-electron chi connectivity index (χ0n) is 21.5. The molecule has 0 saturated carbocycles. The third-order valence-corrected chi connectivity index (χ3v) is 6.17. The highest BCUT2D eigenvalue weighted by molar-refractivity contribution is 5.97. The summed E-state index contributed by atoms with van der Waals surface area (Å²) in [4.78, 5) is 49.4. The van der Waals surface area contributed by atoms with Gasteiger partial charge in [0.15, 0.2) is 5.49 Å². The second kappa shape index (κ2) is 9.93. The zero-order valence-corrected chi connectivity index (χ0v) is 21.5. The summed E-state index contributed by atoms with van der Waals surface area (Å²) >= 11 is 0. The molecule has 5 aromatic rings. The molecule has 38 heavy (non-hydrogen) atoms. The first-order chi connectivity index (χ1) is 18.3. The Hall–Kier alpha value is -4.79. The molecule has 9 nitrogen and oxygen atoms in total. The molecule has 1 aromatic carbocycles. The first-order valence-corrected chi connectivity index (χ1v) is 12.2. The van der Waals surface area contributed by atoms with E-state index < -0.39 is 11.9 Å². The first kappa shape index (κ1) is 24.9. The molecular weight excluding hydrogens is 484 g/mol. The number of pyridine rings is 2. The molecular formula is C29H26N4O5. The van der Waals surface area contributed by atoms with E-state index in [-0.39, 0.29) is 40.8 Å². The number of furan rings is 1. The van der Waals surface area contributed by atoms with Crippen molar-refractivity contribution in [3.63, 3.8) is 0 Å². The van der Waals surface area contributed by atoms with Crippen molar-refractivity contribution in [3.05, 3.63) is 110 Å². The molecule has 0 saturated heterocycles. The predicted octanol–water partition coefficient (Wildman–Crippen LogP) is 4.13. The largest absolute Gasteiger partial charge is 0.467 e. The molecule has 0 fully saturated rings. The number of fused-ring (bicyclic) bond motifs is 2. The van der Waals surface area contributed by atoms with E-state index in [4.69, 9.17) is 14.1 Å². The molecule has 0 aliphatic heterocycles. The summed E-state index contributed by atoms with van der Waals surface area (Å²) in [5, 5.41) is 0.181. The average molecular weight is 511 g/mol. The SMILES string of the molecule is CCOC(=O)c1cc2c(=O)n3cccc(C)c3nc2n(Cc2ccco2)c1=NC(=O)c1cc(C)cc(C)c1. The molecule has 9 heteroatoms. The van der Waals surface area contributed by atoms with Crippen LogP contribution in [-0.4, -0.2) is 32.4 Å². The van der Waals surface area contributed by atoms with E-state index in [9.17, 15) is 14.4 Å². The summed E-state index contributed by atoms with van der Waals surface area (Å²) in [6.07, 6.45) is 3.15. The van der Waals surface area contributed by atoms with E-state index in [0.717, 1.165) is 16.7 Å². The molecule has 0 unspecified atom stereocenters. The summed E-state index contributed by atoms with van der Waals surface area (Å²) in [5.41, 5.74) is 3.35. The van der Waals surface area contributed by atoms with Crippen molar-refractivity contribution in [3.8, 4) is 0 Å². The normalized spacial score (nSPS) is 11.8. The Bertz CT molecular complexity index is 1830. The van der Waals surface area contributed by atoms with Crippen LogP contribution < -0.4 is 11.0 Å². The Labute approximate surface area is 217 Å². The van der Waals surface area contributed by atoms with Gasteiger partial charge < -0.3 is 13.7 Å². The number of nitrogens with zero attached hydrogens (tertiary/aromatic N) is 4. The fourth-order valence-electron chi connectivity index (χ4n) is 4.53. The molecule has 0 N–H and O–H groups in total. The quantitative estimate of drug-likeness (QED) is 0.260. The van der Waals surface area contributed by atoms with Crippen molar-refractivity contribution < 1.29 is 18.7 Å². The number of aryl methyl sites for hydroxylation is 3. The van der Waals surface area contributed by atoms with E-state index in [0.29, 0.717) is 17.0 Å². The topological polar surface area (TPSA) is 108 Å². The molecule has 0 radical (unpaired) electrons. The number of carbonyl (C=O) groups is 2. The van der Waals surface area contributed by atoms with Gasteiger partial charge in [-0.05, 0) is 69.7 Å². The van der Waals surface area contributed by atoms with Crippen LogP contribution in [0.4, 0.5) is 0 Å². The van der Waals surface area contributed by atoms with Gasteiger partial charge in [-0.3, -0.25) is 14.0 Å². The summed E-state index contributed by atoms with van der Waals surface area (Å²) in [6.45, 7) is 7.50. The van der Waals surface area contributed by atoms with E-state index in [1.54, 1.807) is 48.0 Å². The van der Waals surface area contributed by atoms with Gasteiger partial charge in [0, 0.05) is 11.8 Å². The predicted molar refractivity (Wildman–Crippen MR) is 141 cm³/mol. The van der Waals surface area contributed by atoms with Gasteiger partial charge in [0.1, 0.15) is 22.6 Å². The molecule has 0 spiro atoms. The highest BCUT2D eigenvalue weighted by atomic mass is 16.5. The van der Waals surface area contributed by atoms with Crippen LogP contribution in [0.15, 0.2) is 75.2 Å². The Balaban J connectivity index is 1.92. The maximum atomic E-state index is 13.6. The average Bonchev–Trinajstić information content (AvgIpc) is 3.39. The van der Waals surface area contributed by atoms with E-state index in [2.05, 4.69) is 4.99 Å². The second-order valence-corrected chi connectivity index (χ2v) is 9.10. The number of benzene rings is 1. The van der Waals surface area contributed by atoms with Crippen LogP contribution in [0.5, 0.6) is 0 Å². The van der Waals surface area contributed by atoms with Crippen molar-refractivity contribution in [2.24, 2.45) is 4.99 Å². The van der Waals surface area contributed by atoms with Crippen molar-refractivity contribution in [2.75, 3.05) is 6.61 Å². The molecule has 4 aromatic heterocycles. The maximum Gasteiger partial charge on any atom is 0.341 e. The monoisotopic (exact) mass is 510 g/mol. The van der Waals surface area contributed by atoms with E-state index in [1.807, 2.05) is 32.9 Å². The van der Waals surface area contributed by atoms with Crippen LogP contribution in [-0.2, 0) is 11.3 Å². The fraction of sp³-hybridized carbons (Fsp3) is 0.207. The number of amides is 1. The van der Waals surface area contributed by atoms with Crippen molar-refractivity contribution in [1.82, 2.24) is 14.0 Å². The molecule has 192 valence electrons. The fourth-order valence-corrected chi connectivity index (χ4v) is 4.53. The highest BCUT2D eigenvalue weighted by Gasteiger charge is 2.21. The standard InChI is InChI=1S/C29H26N4O5/c1-5-37-29(36)23-15-22-25(30-24-19(4)8-6-10-32(24)28(22)35)33(16-21-9-7-11-38-21)26(23)31-27(34)20-13-17(2)12-18(3)14-20/h6-15H,5,16H2,1-4H3. The van der Waals surface area contributed by atoms with Gasteiger partial charge in [-0.25, -0.2) is 9.78 Å². The van der Waals surface area contributed by atoms with Gasteiger partial charge in [0.25, 0.3) is 11.5 Å². The molecule has 5 rings (SSSR count). The van der Waals surface area contributed by atoms with Gasteiger partial charge in [-0.15, -0.1) is 0 Å². The van der Waals surface area contributed by atoms with Gasteiger partial charge in [-0.2, -0.15) is 4.99 Å². The van der Waals surface area contributed by atoms with E-state index in [1.165, 1.54) is 16.7 Å². The minimum absolute atomic E-state index is 0.0184. The molecule has 1 amide bonds. The minimum atomic E-state index is -0.705. The molecule has 0 bridgehead atoms. The van der Waals surface area contributed by atoms with Crippen LogP contribution in [0.2, 0.25) is 0 Å². The van der Waals surface area contributed by atoms with Crippen LogP contribution >= 0.6 is 0 Å². The Morgan fingerprint density at radius 1 is 1.03 bits per heavy atom. The summed E-state index contributed by atoms with van der Waals surface area (Å²) in [6, 6.07) is 13.9. The number of hydrogen-bond donors (Lipinski definition) is 0. The van der Waals surface area contributed by atoms with Crippen molar-refractivity contribution in [2.45, 2.75) is 34.2 Å². The van der Waals surface area contributed by atoms with Crippen LogP contribution in [0, 0.1) is 20.8 Å². The summed E-state index contributed by atoms with van der Waals surface area (Å²) in [5.74, 6) is -0.716. The number of rotatable bonds is 5. The molecule has 0 atom stereocenters. The lowest BCUT2D eigenvalue weighted by atomic mass is 10.1. The second-order valence-electron chi connectivity index (χ2n) is 9.10. The molecule has 4 heterocycles. The van der Waals surface area contributed by atoms with Gasteiger partial charge >= 0.3 is 5.97 Å². The van der Waals surface area contributed by atoms with Crippen molar-refractivity contribution >= 4 is 28.6 Å². The van der Waals surface area contributed by atoms with Crippen molar-refractivity contribution in [1.29, 1.82) is 0 Å². The molecule has 0 aliphatic carbocycles. The van der Waals surface area contributed by atoms with Gasteiger partial charge in [0.2, 0.25) is 0 Å². The number of ether oxygens (including phenoxy) is 1. The summed E-state index contributed by atoms with van der Waals surface area (Å²) < 4.78 is 13.9. The van der Waals surface area contributed by atoms with Crippen LogP contribution in [0.1, 0.15) is 50.1 Å². The van der Waals surface area contributed by atoms with Gasteiger partial charge in [-0.1, -0.05) is 23.3 Å².